The van der Waals surface area contributed by atoms with Crippen LogP contribution >= 0.6 is 0 Å². The Labute approximate surface area is 188 Å². The van der Waals surface area contributed by atoms with Crippen LogP contribution in [0.15, 0.2) is 79.0 Å². The number of hydrogen-bond donors (Lipinski definition) is 2. The maximum absolute atomic E-state index is 12.7. The zero-order valence-corrected chi connectivity index (χ0v) is 18.3. The van der Waals surface area contributed by atoms with E-state index < -0.39 is 6.03 Å². The number of benzene rings is 3. The van der Waals surface area contributed by atoms with Crippen LogP contribution in [0.5, 0.6) is 0 Å². The Hall–Kier alpha value is -3.57. The third-order valence-corrected chi connectivity index (χ3v) is 6.56. The summed E-state index contributed by atoms with van der Waals surface area (Å²) in [5.74, 6) is 0.522. The Morgan fingerprint density at radius 2 is 1.72 bits per heavy atom. The van der Waals surface area contributed by atoms with Crippen LogP contribution in [-0.4, -0.2) is 36.1 Å². The highest BCUT2D eigenvalue weighted by Crippen LogP contribution is 2.38. The molecule has 5 rings (SSSR count). The lowest BCUT2D eigenvalue weighted by Crippen LogP contribution is -2.31. The molecule has 1 aromatic heterocycles. The number of nitrogens with one attached hydrogen (secondary N) is 1. The summed E-state index contributed by atoms with van der Waals surface area (Å²) in [6.45, 7) is 2.21. The summed E-state index contributed by atoms with van der Waals surface area (Å²) in [5, 5.41) is 1.17. The SMILES string of the molecule is CN1CCC(c2c[nH]c3ccc(N(C(N)=O)c4ccccc4-c4ccccc4)cc23)CC1. The van der Waals surface area contributed by atoms with Crippen LogP contribution in [0.1, 0.15) is 24.3 Å². The molecule has 1 aliphatic rings. The summed E-state index contributed by atoms with van der Waals surface area (Å²) in [5.41, 5.74) is 11.9. The maximum Gasteiger partial charge on any atom is 0.323 e. The first-order chi connectivity index (χ1) is 15.6. The smallest absolute Gasteiger partial charge is 0.323 e. The minimum Gasteiger partial charge on any atom is -0.361 e. The summed E-state index contributed by atoms with van der Waals surface area (Å²) >= 11 is 0. The molecule has 1 aliphatic heterocycles. The van der Waals surface area contributed by atoms with E-state index in [-0.39, 0.29) is 0 Å². The van der Waals surface area contributed by atoms with Gasteiger partial charge in [0.1, 0.15) is 0 Å². The fourth-order valence-electron chi connectivity index (χ4n) is 4.84. The van der Waals surface area contributed by atoms with E-state index in [0.29, 0.717) is 5.92 Å². The fourth-order valence-corrected chi connectivity index (χ4v) is 4.84. The highest BCUT2D eigenvalue weighted by atomic mass is 16.2. The third kappa shape index (κ3) is 3.76. The molecular weight excluding hydrogens is 396 g/mol. The molecule has 3 N–H and O–H groups in total. The molecule has 32 heavy (non-hydrogen) atoms. The minimum atomic E-state index is -0.496. The predicted molar refractivity (Wildman–Crippen MR) is 131 cm³/mol. The average Bonchev–Trinajstić information content (AvgIpc) is 3.24. The van der Waals surface area contributed by atoms with Gasteiger partial charge in [-0.3, -0.25) is 4.90 Å². The van der Waals surface area contributed by atoms with Gasteiger partial charge in [0, 0.05) is 22.7 Å². The van der Waals surface area contributed by atoms with E-state index in [4.69, 9.17) is 5.73 Å². The van der Waals surface area contributed by atoms with E-state index in [9.17, 15) is 4.79 Å². The first-order valence-electron chi connectivity index (χ1n) is 11.2. The van der Waals surface area contributed by atoms with Crippen LogP contribution in [0.2, 0.25) is 0 Å². The van der Waals surface area contributed by atoms with Crippen LogP contribution in [0.25, 0.3) is 22.0 Å². The number of hydrogen-bond acceptors (Lipinski definition) is 2. The molecule has 162 valence electrons. The Morgan fingerprint density at radius 1 is 1.00 bits per heavy atom. The molecule has 0 radical (unpaired) electrons. The molecule has 0 unspecified atom stereocenters. The van der Waals surface area contributed by atoms with E-state index in [2.05, 4.69) is 29.2 Å². The molecule has 5 nitrogen and oxygen atoms in total. The number of aromatic amines is 1. The third-order valence-electron chi connectivity index (χ3n) is 6.56. The zero-order chi connectivity index (χ0) is 22.1. The largest absolute Gasteiger partial charge is 0.361 e. The van der Waals surface area contributed by atoms with E-state index in [1.807, 2.05) is 66.7 Å². The Balaban J connectivity index is 1.59. The van der Waals surface area contributed by atoms with Gasteiger partial charge >= 0.3 is 6.03 Å². The lowest BCUT2D eigenvalue weighted by atomic mass is 9.89. The van der Waals surface area contributed by atoms with Crippen molar-refractivity contribution < 1.29 is 4.79 Å². The summed E-state index contributed by atoms with van der Waals surface area (Å²) in [6.07, 6.45) is 4.42. The Morgan fingerprint density at radius 3 is 2.47 bits per heavy atom. The van der Waals surface area contributed by atoms with Crippen LogP contribution < -0.4 is 10.6 Å². The standard InChI is InChI=1S/C27H28N4O/c1-30-15-13-20(14-16-30)24-18-29-25-12-11-21(17-23(24)25)31(27(28)32)26-10-6-5-9-22(26)19-7-3-2-4-8-19/h2-12,17-18,20,29H,13-16H2,1H3,(H2,28,32). The van der Waals surface area contributed by atoms with Crippen molar-refractivity contribution in [1.82, 2.24) is 9.88 Å². The molecule has 2 heterocycles. The normalized spacial score (nSPS) is 15.2. The van der Waals surface area contributed by atoms with Crippen molar-refractivity contribution in [3.8, 4) is 11.1 Å². The second-order valence-corrected chi connectivity index (χ2v) is 8.61. The van der Waals surface area contributed by atoms with Gasteiger partial charge in [0.05, 0.1) is 11.4 Å². The van der Waals surface area contributed by atoms with Crippen LogP contribution in [-0.2, 0) is 0 Å². The fraction of sp³-hybridized carbons (Fsp3) is 0.222. The lowest BCUT2D eigenvalue weighted by Gasteiger charge is -2.29. The van der Waals surface area contributed by atoms with E-state index >= 15 is 0 Å². The molecule has 1 fully saturated rings. The number of piperidine rings is 1. The molecular formula is C27H28N4O. The number of fused-ring (bicyclic) bond motifs is 1. The summed E-state index contributed by atoms with van der Waals surface area (Å²) in [7, 11) is 2.18. The van der Waals surface area contributed by atoms with Crippen LogP contribution in [0, 0.1) is 0 Å². The Bertz CT molecular complexity index is 1240. The second-order valence-electron chi connectivity index (χ2n) is 8.61. The van der Waals surface area contributed by atoms with E-state index in [0.717, 1.165) is 53.9 Å². The average molecular weight is 425 g/mol. The number of H-pyrrole nitrogens is 1. The van der Waals surface area contributed by atoms with Crippen molar-refractivity contribution >= 4 is 28.3 Å². The topological polar surface area (TPSA) is 65.4 Å². The number of primary amides is 1. The van der Waals surface area contributed by atoms with E-state index in [1.54, 1.807) is 4.90 Å². The highest BCUT2D eigenvalue weighted by molar-refractivity contribution is 6.04. The number of amides is 2. The number of carbonyl (C=O) groups excluding carboxylic acids is 1. The molecule has 2 amide bonds. The first kappa shape index (κ1) is 20.3. The second kappa shape index (κ2) is 8.52. The molecule has 0 saturated carbocycles. The molecule has 0 bridgehead atoms. The van der Waals surface area contributed by atoms with Gasteiger partial charge in [-0.25, -0.2) is 4.79 Å². The summed E-state index contributed by atoms with van der Waals surface area (Å²) in [6, 6.07) is 23.6. The maximum atomic E-state index is 12.7. The van der Waals surface area contributed by atoms with Crippen molar-refractivity contribution in [2.75, 3.05) is 25.0 Å². The van der Waals surface area contributed by atoms with Gasteiger partial charge in [-0.1, -0.05) is 48.5 Å². The number of carbonyl (C=O) groups is 1. The molecule has 0 aliphatic carbocycles. The predicted octanol–water partition coefficient (Wildman–Crippen LogP) is 5.86. The quantitative estimate of drug-likeness (QED) is 0.431. The van der Waals surface area contributed by atoms with Crippen molar-refractivity contribution in [3.63, 3.8) is 0 Å². The number of para-hydroxylation sites is 1. The van der Waals surface area contributed by atoms with E-state index in [1.165, 1.54) is 10.9 Å². The molecule has 0 spiro atoms. The van der Waals surface area contributed by atoms with Gasteiger partial charge in [0.15, 0.2) is 0 Å². The molecule has 0 atom stereocenters. The van der Waals surface area contributed by atoms with Gasteiger partial charge in [-0.2, -0.15) is 0 Å². The number of nitrogens with zero attached hydrogens (tertiary/aromatic N) is 2. The first-order valence-corrected chi connectivity index (χ1v) is 11.2. The van der Waals surface area contributed by atoms with Crippen LogP contribution in [0.3, 0.4) is 0 Å². The summed E-state index contributed by atoms with van der Waals surface area (Å²) < 4.78 is 0. The van der Waals surface area contributed by atoms with Crippen molar-refractivity contribution in [2.45, 2.75) is 18.8 Å². The van der Waals surface area contributed by atoms with Crippen molar-refractivity contribution in [3.05, 3.63) is 84.6 Å². The number of nitrogens with two attached hydrogens (primary N) is 1. The number of anilines is 2. The number of aromatic nitrogens is 1. The molecule has 4 aromatic rings. The number of likely N-dealkylation sites (tertiary alicyclic amines) is 1. The van der Waals surface area contributed by atoms with Gasteiger partial charge in [0.2, 0.25) is 0 Å². The van der Waals surface area contributed by atoms with Crippen molar-refractivity contribution in [1.29, 1.82) is 0 Å². The monoisotopic (exact) mass is 424 g/mol. The van der Waals surface area contributed by atoms with Gasteiger partial charge in [0.25, 0.3) is 0 Å². The number of urea groups is 1. The zero-order valence-electron chi connectivity index (χ0n) is 18.3. The minimum absolute atomic E-state index is 0.496. The molecule has 1 saturated heterocycles. The van der Waals surface area contributed by atoms with Crippen LogP contribution in [0.4, 0.5) is 16.2 Å². The number of rotatable bonds is 4. The molecule has 3 aromatic carbocycles. The van der Waals surface area contributed by atoms with Gasteiger partial charge in [-0.15, -0.1) is 0 Å². The van der Waals surface area contributed by atoms with Crippen molar-refractivity contribution in [2.24, 2.45) is 5.73 Å². The molecule has 5 heteroatoms. The summed E-state index contributed by atoms with van der Waals surface area (Å²) in [4.78, 5) is 20.1. The lowest BCUT2D eigenvalue weighted by molar-refractivity contribution is 0.256. The Kier molecular flexibility index (Phi) is 5.41. The van der Waals surface area contributed by atoms with Gasteiger partial charge < -0.3 is 15.6 Å². The van der Waals surface area contributed by atoms with Gasteiger partial charge in [-0.05, 0) is 74.3 Å². The highest BCUT2D eigenvalue weighted by Gasteiger charge is 2.23.